The summed E-state index contributed by atoms with van der Waals surface area (Å²) < 4.78 is 10.6. The Morgan fingerprint density at radius 1 is 0.763 bits per heavy atom. The van der Waals surface area contributed by atoms with Gasteiger partial charge in [0.25, 0.3) is 0 Å². The number of para-hydroxylation sites is 1. The molecule has 0 aliphatic rings. The molecule has 0 spiro atoms. The lowest BCUT2D eigenvalue weighted by atomic mass is 10.0. The molecule has 2 atom stereocenters. The first-order chi connectivity index (χ1) is 18.5. The summed E-state index contributed by atoms with van der Waals surface area (Å²) in [6, 6.07) is 24.4. The van der Waals surface area contributed by atoms with Crippen LogP contribution in [-0.2, 0) is 38.5 Å². The normalized spacial score (nSPS) is 12.3. The van der Waals surface area contributed by atoms with Crippen molar-refractivity contribution in [3.63, 3.8) is 0 Å². The van der Waals surface area contributed by atoms with E-state index in [9.17, 15) is 14.4 Å². The summed E-state index contributed by atoms with van der Waals surface area (Å²) in [5.41, 5.74) is 3.46. The number of aromatic amines is 1. The van der Waals surface area contributed by atoms with Gasteiger partial charge in [-0.2, -0.15) is 0 Å². The fourth-order valence-electron chi connectivity index (χ4n) is 4.19. The number of ether oxygens (including phenoxy) is 2. The van der Waals surface area contributed by atoms with E-state index in [1.54, 1.807) is 6.92 Å². The Morgan fingerprint density at radius 2 is 1.42 bits per heavy atom. The van der Waals surface area contributed by atoms with Crippen LogP contribution in [0.2, 0.25) is 0 Å². The second kappa shape index (κ2) is 13.1. The Hall–Kier alpha value is -4.59. The van der Waals surface area contributed by atoms with Crippen molar-refractivity contribution in [2.45, 2.75) is 38.5 Å². The highest BCUT2D eigenvalue weighted by atomic mass is 16.5. The average Bonchev–Trinajstić information content (AvgIpc) is 3.35. The van der Waals surface area contributed by atoms with Gasteiger partial charge in [-0.25, -0.2) is 9.59 Å². The van der Waals surface area contributed by atoms with Crippen molar-refractivity contribution >= 4 is 28.9 Å². The second-order valence-corrected chi connectivity index (χ2v) is 8.83. The lowest BCUT2D eigenvalue weighted by molar-refractivity contribution is -0.147. The van der Waals surface area contributed by atoms with Crippen LogP contribution in [0.25, 0.3) is 10.9 Å². The van der Waals surface area contributed by atoms with E-state index in [4.69, 9.17) is 9.47 Å². The third-order valence-electron chi connectivity index (χ3n) is 6.09. The smallest absolute Gasteiger partial charge is 0.408 e. The summed E-state index contributed by atoms with van der Waals surface area (Å²) in [6.45, 7) is 1.96. The summed E-state index contributed by atoms with van der Waals surface area (Å²) in [4.78, 5) is 42.2. The van der Waals surface area contributed by atoms with Gasteiger partial charge in [0.1, 0.15) is 18.7 Å². The van der Waals surface area contributed by atoms with E-state index in [1.807, 2.05) is 91.1 Å². The molecule has 1 aromatic heterocycles. The molecule has 196 valence electrons. The molecule has 4 rings (SSSR count). The van der Waals surface area contributed by atoms with Gasteiger partial charge in [-0.05, 0) is 29.7 Å². The average molecular weight is 514 g/mol. The summed E-state index contributed by atoms with van der Waals surface area (Å²) in [6.07, 6.45) is 1.53. The zero-order chi connectivity index (χ0) is 26.7. The van der Waals surface area contributed by atoms with E-state index in [0.29, 0.717) is 0 Å². The number of alkyl carbamates (subject to hydrolysis) is 1. The minimum atomic E-state index is -0.995. The molecule has 0 radical (unpaired) electrons. The van der Waals surface area contributed by atoms with Crippen LogP contribution in [0, 0.1) is 0 Å². The molecule has 0 saturated heterocycles. The Labute approximate surface area is 221 Å². The van der Waals surface area contributed by atoms with Gasteiger partial charge in [0, 0.05) is 29.9 Å². The number of hydrogen-bond donors (Lipinski definition) is 3. The maximum absolute atomic E-state index is 13.5. The van der Waals surface area contributed by atoms with Crippen molar-refractivity contribution in [3.8, 4) is 0 Å². The van der Waals surface area contributed by atoms with Gasteiger partial charge in [0.15, 0.2) is 0 Å². The summed E-state index contributed by atoms with van der Waals surface area (Å²) in [7, 11) is 0. The quantitative estimate of drug-likeness (QED) is 0.259. The first kappa shape index (κ1) is 26.5. The molecule has 0 aliphatic carbocycles. The van der Waals surface area contributed by atoms with E-state index < -0.39 is 30.1 Å². The summed E-state index contributed by atoms with van der Waals surface area (Å²) >= 11 is 0. The molecule has 8 nitrogen and oxygen atoms in total. The number of hydrogen-bond acceptors (Lipinski definition) is 5. The molecule has 0 bridgehead atoms. The van der Waals surface area contributed by atoms with Gasteiger partial charge in [-0.1, -0.05) is 78.9 Å². The topological polar surface area (TPSA) is 110 Å². The number of fused-ring (bicyclic) bond motifs is 1. The van der Waals surface area contributed by atoms with Crippen LogP contribution < -0.4 is 10.6 Å². The Bertz CT molecular complexity index is 1350. The van der Waals surface area contributed by atoms with Gasteiger partial charge in [0.2, 0.25) is 5.91 Å². The Morgan fingerprint density at radius 3 is 2.13 bits per heavy atom. The first-order valence-corrected chi connectivity index (χ1v) is 12.6. The SMILES string of the molecule is CCOC(=O)[C@H](Cc1ccccc1)NC(=O)[C@H](Cc1c[nH]c2ccccc12)NC(=O)OCc1ccccc1. The van der Waals surface area contributed by atoms with Crippen molar-refractivity contribution in [2.24, 2.45) is 0 Å². The van der Waals surface area contributed by atoms with Gasteiger partial charge >= 0.3 is 12.1 Å². The molecule has 3 N–H and O–H groups in total. The lowest BCUT2D eigenvalue weighted by Gasteiger charge is -2.22. The molecule has 0 aliphatic heterocycles. The number of esters is 1. The number of rotatable bonds is 11. The van der Waals surface area contributed by atoms with Gasteiger partial charge in [-0.3, -0.25) is 4.79 Å². The molecule has 3 aromatic carbocycles. The zero-order valence-electron chi connectivity index (χ0n) is 21.2. The number of benzene rings is 3. The van der Waals surface area contributed by atoms with Crippen molar-refractivity contribution in [3.05, 3.63) is 108 Å². The van der Waals surface area contributed by atoms with Crippen molar-refractivity contribution in [1.29, 1.82) is 0 Å². The van der Waals surface area contributed by atoms with Crippen LogP contribution in [0.3, 0.4) is 0 Å². The Balaban J connectivity index is 1.52. The molecule has 8 heteroatoms. The van der Waals surface area contributed by atoms with Crippen molar-refractivity contribution < 1.29 is 23.9 Å². The van der Waals surface area contributed by atoms with Crippen LogP contribution in [-0.4, -0.2) is 41.6 Å². The minimum Gasteiger partial charge on any atom is -0.464 e. The zero-order valence-corrected chi connectivity index (χ0v) is 21.2. The van der Waals surface area contributed by atoms with E-state index in [1.165, 1.54) is 0 Å². The van der Waals surface area contributed by atoms with Crippen LogP contribution in [0.4, 0.5) is 4.79 Å². The third kappa shape index (κ3) is 7.22. The van der Waals surface area contributed by atoms with Crippen LogP contribution in [0.1, 0.15) is 23.6 Å². The highest BCUT2D eigenvalue weighted by molar-refractivity contribution is 5.91. The largest absolute Gasteiger partial charge is 0.464 e. The molecular weight excluding hydrogens is 482 g/mol. The maximum Gasteiger partial charge on any atom is 0.408 e. The van der Waals surface area contributed by atoms with Crippen LogP contribution in [0.15, 0.2) is 91.1 Å². The highest BCUT2D eigenvalue weighted by Gasteiger charge is 2.29. The van der Waals surface area contributed by atoms with E-state index in [-0.39, 0.29) is 26.1 Å². The molecule has 4 aromatic rings. The van der Waals surface area contributed by atoms with Crippen LogP contribution >= 0.6 is 0 Å². The maximum atomic E-state index is 13.5. The third-order valence-corrected chi connectivity index (χ3v) is 6.09. The number of carbonyl (C=O) groups is 3. The predicted octanol–water partition coefficient (Wildman–Crippen LogP) is 4.30. The number of carbonyl (C=O) groups excluding carboxylic acids is 3. The fourth-order valence-corrected chi connectivity index (χ4v) is 4.19. The molecule has 0 fully saturated rings. The van der Waals surface area contributed by atoms with E-state index >= 15 is 0 Å². The highest BCUT2D eigenvalue weighted by Crippen LogP contribution is 2.19. The fraction of sp³-hybridized carbons (Fsp3) is 0.233. The number of amides is 2. The molecule has 0 unspecified atom stereocenters. The van der Waals surface area contributed by atoms with Crippen molar-refractivity contribution in [1.82, 2.24) is 15.6 Å². The van der Waals surface area contributed by atoms with E-state index in [2.05, 4.69) is 15.6 Å². The second-order valence-electron chi connectivity index (χ2n) is 8.83. The monoisotopic (exact) mass is 513 g/mol. The minimum absolute atomic E-state index is 0.0631. The van der Waals surface area contributed by atoms with Crippen molar-refractivity contribution in [2.75, 3.05) is 6.61 Å². The standard InChI is InChI=1S/C30H31N3O5/c1-2-37-29(35)27(17-21-11-5-3-6-12-21)32-28(34)26(18-23-19-31-25-16-10-9-15-24(23)25)33-30(36)38-20-22-13-7-4-8-14-22/h3-16,19,26-27,31H,2,17-18,20H2,1H3,(H,32,34)(H,33,36)/t26-,27-/m0/s1. The van der Waals surface area contributed by atoms with E-state index in [0.717, 1.165) is 27.6 Å². The molecule has 2 amide bonds. The summed E-state index contributed by atoms with van der Waals surface area (Å²) in [5.74, 6) is -1.05. The number of H-pyrrole nitrogens is 1. The lowest BCUT2D eigenvalue weighted by Crippen LogP contribution is -2.53. The van der Waals surface area contributed by atoms with Gasteiger partial charge in [-0.15, -0.1) is 0 Å². The first-order valence-electron chi connectivity index (χ1n) is 12.6. The summed E-state index contributed by atoms with van der Waals surface area (Å²) in [5, 5.41) is 6.43. The molecular formula is C30H31N3O5. The van der Waals surface area contributed by atoms with Crippen LogP contribution in [0.5, 0.6) is 0 Å². The molecule has 38 heavy (non-hydrogen) atoms. The van der Waals surface area contributed by atoms with Gasteiger partial charge < -0.3 is 25.1 Å². The number of nitrogens with one attached hydrogen (secondary N) is 3. The molecule has 0 saturated carbocycles. The Kier molecular flexibility index (Phi) is 9.12. The molecule has 1 heterocycles. The van der Waals surface area contributed by atoms with Gasteiger partial charge in [0.05, 0.1) is 6.61 Å². The predicted molar refractivity (Wildman–Crippen MR) is 144 cm³/mol. The number of aromatic nitrogens is 1.